The van der Waals surface area contributed by atoms with E-state index in [1.807, 2.05) is 13.8 Å². The molecule has 0 atom stereocenters. The summed E-state index contributed by atoms with van der Waals surface area (Å²) < 4.78 is 5.44. The predicted molar refractivity (Wildman–Crippen MR) is 73.0 cm³/mol. The standard InChI is InChI=1S/C13H25N3O3/c1-10(2)19-9-8-16(3)12(17)13(11(14)15-18)6-4-5-7-13/h10,18H,4-9H2,1-3H3,(H2,14,15). The van der Waals surface area contributed by atoms with Crippen LogP contribution in [0.2, 0.25) is 0 Å². The van der Waals surface area contributed by atoms with Crippen LogP contribution >= 0.6 is 0 Å². The highest BCUT2D eigenvalue weighted by molar-refractivity contribution is 6.06. The number of likely N-dealkylation sites (N-methyl/N-ethyl adjacent to an activating group) is 1. The number of carbonyl (C=O) groups is 1. The van der Waals surface area contributed by atoms with Crippen LogP contribution in [0, 0.1) is 5.41 Å². The third-order valence-corrected chi connectivity index (χ3v) is 3.69. The fraction of sp³-hybridized carbons (Fsp3) is 0.846. The van der Waals surface area contributed by atoms with Gasteiger partial charge in [-0.15, -0.1) is 0 Å². The van der Waals surface area contributed by atoms with E-state index in [0.717, 1.165) is 12.8 Å². The fourth-order valence-corrected chi connectivity index (χ4v) is 2.55. The molecule has 1 saturated carbocycles. The average Bonchev–Trinajstić information content (AvgIpc) is 2.86. The number of carbonyl (C=O) groups excluding carboxylic acids is 1. The molecule has 19 heavy (non-hydrogen) atoms. The van der Waals surface area contributed by atoms with Gasteiger partial charge in [-0.2, -0.15) is 0 Å². The van der Waals surface area contributed by atoms with E-state index in [1.165, 1.54) is 0 Å². The van der Waals surface area contributed by atoms with Crippen LogP contribution in [0.5, 0.6) is 0 Å². The number of ether oxygens (including phenoxy) is 1. The third kappa shape index (κ3) is 3.59. The number of oxime groups is 1. The Hall–Kier alpha value is -1.30. The summed E-state index contributed by atoms with van der Waals surface area (Å²) in [6.45, 7) is 4.91. The molecule has 0 saturated heterocycles. The van der Waals surface area contributed by atoms with Crippen molar-refractivity contribution in [2.24, 2.45) is 16.3 Å². The van der Waals surface area contributed by atoms with Gasteiger partial charge < -0.3 is 20.6 Å². The monoisotopic (exact) mass is 271 g/mol. The molecule has 1 fully saturated rings. The molecule has 0 radical (unpaired) electrons. The first kappa shape index (κ1) is 15.8. The predicted octanol–water partition coefficient (Wildman–Crippen LogP) is 1.18. The Bertz CT molecular complexity index is 336. The number of rotatable bonds is 6. The maximum Gasteiger partial charge on any atom is 0.236 e. The minimum atomic E-state index is -0.818. The van der Waals surface area contributed by atoms with E-state index in [-0.39, 0.29) is 17.8 Å². The molecule has 0 heterocycles. The van der Waals surface area contributed by atoms with Crippen LogP contribution in [0.25, 0.3) is 0 Å². The van der Waals surface area contributed by atoms with E-state index >= 15 is 0 Å². The molecule has 6 heteroatoms. The molecule has 0 aromatic carbocycles. The van der Waals surface area contributed by atoms with E-state index in [2.05, 4.69) is 5.16 Å². The van der Waals surface area contributed by atoms with Gasteiger partial charge in [0.05, 0.1) is 12.7 Å². The Kier molecular flexibility index (Phi) is 5.60. The van der Waals surface area contributed by atoms with Crippen molar-refractivity contribution in [2.75, 3.05) is 20.2 Å². The molecule has 1 aliphatic carbocycles. The number of amides is 1. The molecule has 0 aromatic rings. The number of nitrogens with two attached hydrogens (primary N) is 1. The third-order valence-electron chi connectivity index (χ3n) is 3.69. The Morgan fingerprint density at radius 2 is 2.05 bits per heavy atom. The van der Waals surface area contributed by atoms with Gasteiger partial charge in [0.2, 0.25) is 5.91 Å². The van der Waals surface area contributed by atoms with Crippen molar-refractivity contribution in [3.63, 3.8) is 0 Å². The van der Waals surface area contributed by atoms with Gasteiger partial charge in [-0.25, -0.2) is 0 Å². The van der Waals surface area contributed by atoms with Gasteiger partial charge in [-0.1, -0.05) is 18.0 Å². The Labute approximate surface area is 114 Å². The normalized spacial score (nSPS) is 18.8. The minimum Gasteiger partial charge on any atom is -0.409 e. The zero-order valence-electron chi connectivity index (χ0n) is 12.1. The minimum absolute atomic E-state index is 0.0339. The molecule has 0 bridgehead atoms. The van der Waals surface area contributed by atoms with Gasteiger partial charge in [0.15, 0.2) is 5.84 Å². The zero-order valence-corrected chi connectivity index (χ0v) is 12.1. The van der Waals surface area contributed by atoms with Crippen molar-refractivity contribution < 1.29 is 14.7 Å². The van der Waals surface area contributed by atoms with E-state index in [9.17, 15) is 4.79 Å². The van der Waals surface area contributed by atoms with Crippen LogP contribution < -0.4 is 5.73 Å². The van der Waals surface area contributed by atoms with Crippen LogP contribution in [0.4, 0.5) is 0 Å². The number of nitrogens with zero attached hydrogens (tertiary/aromatic N) is 2. The van der Waals surface area contributed by atoms with Crippen LogP contribution in [0.3, 0.4) is 0 Å². The molecule has 0 spiro atoms. The molecule has 110 valence electrons. The highest BCUT2D eigenvalue weighted by atomic mass is 16.5. The molecule has 0 aromatic heterocycles. The van der Waals surface area contributed by atoms with Crippen molar-refractivity contribution in [2.45, 2.75) is 45.6 Å². The maximum absolute atomic E-state index is 12.5. The van der Waals surface area contributed by atoms with Gasteiger partial charge in [-0.3, -0.25) is 4.79 Å². The molecular formula is C13H25N3O3. The molecule has 0 aliphatic heterocycles. The SMILES string of the molecule is CC(C)OCCN(C)C(=O)C1(C(N)=NO)CCCC1. The van der Waals surface area contributed by atoms with Crippen molar-refractivity contribution >= 4 is 11.7 Å². The van der Waals surface area contributed by atoms with Crippen LogP contribution in [-0.4, -0.2) is 48.2 Å². The summed E-state index contributed by atoms with van der Waals surface area (Å²) in [5.74, 6) is -0.0423. The molecule has 0 unspecified atom stereocenters. The van der Waals surface area contributed by atoms with E-state index in [0.29, 0.717) is 26.0 Å². The second-order valence-electron chi connectivity index (χ2n) is 5.42. The van der Waals surface area contributed by atoms with Crippen LogP contribution in [0.15, 0.2) is 5.16 Å². The number of amidine groups is 1. The highest BCUT2D eigenvalue weighted by Crippen LogP contribution is 2.39. The first-order chi connectivity index (χ1) is 8.94. The van der Waals surface area contributed by atoms with E-state index in [4.69, 9.17) is 15.7 Å². The largest absolute Gasteiger partial charge is 0.409 e. The summed E-state index contributed by atoms with van der Waals surface area (Å²) in [6, 6.07) is 0. The summed E-state index contributed by atoms with van der Waals surface area (Å²) in [7, 11) is 1.73. The topological polar surface area (TPSA) is 88.2 Å². The lowest BCUT2D eigenvalue weighted by Gasteiger charge is -2.31. The van der Waals surface area contributed by atoms with Gasteiger partial charge in [0.25, 0.3) is 0 Å². The van der Waals surface area contributed by atoms with E-state index < -0.39 is 5.41 Å². The summed E-state index contributed by atoms with van der Waals surface area (Å²) in [6.07, 6.45) is 3.30. The second kappa shape index (κ2) is 6.75. The number of hydrogen-bond acceptors (Lipinski definition) is 4. The Morgan fingerprint density at radius 1 is 1.47 bits per heavy atom. The summed E-state index contributed by atoms with van der Waals surface area (Å²) in [5, 5.41) is 12.0. The van der Waals surface area contributed by atoms with Gasteiger partial charge >= 0.3 is 0 Å². The maximum atomic E-state index is 12.5. The second-order valence-corrected chi connectivity index (χ2v) is 5.42. The van der Waals surface area contributed by atoms with Crippen LogP contribution in [-0.2, 0) is 9.53 Å². The fourth-order valence-electron chi connectivity index (χ4n) is 2.55. The summed E-state index contributed by atoms with van der Waals surface area (Å²) in [5.41, 5.74) is 4.93. The quantitative estimate of drug-likeness (QED) is 0.328. The lowest BCUT2D eigenvalue weighted by Crippen LogP contribution is -2.49. The molecule has 1 amide bonds. The van der Waals surface area contributed by atoms with Crippen molar-refractivity contribution in [3.05, 3.63) is 0 Å². The van der Waals surface area contributed by atoms with Crippen molar-refractivity contribution in [1.82, 2.24) is 4.90 Å². The van der Waals surface area contributed by atoms with Gasteiger partial charge in [0, 0.05) is 13.6 Å². The molecule has 1 aliphatic rings. The summed E-state index contributed by atoms with van der Waals surface area (Å²) >= 11 is 0. The molecule has 6 nitrogen and oxygen atoms in total. The average molecular weight is 271 g/mol. The lowest BCUT2D eigenvalue weighted by molar-refractivity contribution is -0.137. The molecule has 3 N–H and O–H groups in total. The van der Waals surface area contributed by atoms with Gasteiger partial charge in [0.1, 0.15) is 5.41 Å². The first-order valence-corrected chi connectivity index (χ1v) is 6.79. The van der Waals surface area contributed by atoms with Crippen LogP contribution in [0.1, 0.15) is 39.5 Å². The van der Waals surface area contributed by atoms with Gasteiger partial charge in [-0.05, 0) is 26.7 Å². The summed E-state index contributed by atoms with van der Waals surface area (Å²) in [4.78, 5) is 14.2. The molecule has 1 rings (SSSR count). The number of hydrogen-bond donors (Lipinski definition) is 2. The Balaban J connectivity index is 2.67. The Morgan fingerprint density at radius 3 is 2.53 bits per heavy atom. The van der Waals surface area contributed by atoms with Crippen molar-refractivity contribution in [1.29, 1.82) is 0 Å². The van der Waals surface area contributed by atoms with E-state index in [1.54, 1.807) is 11.9 Å². The molecular weight excluding hydrogens is 246 g/mol. The zero-order chi connectivity index (χ0) is 14.5. The highest BCUT2D eigenvalue weighted by Gasteiger charge is 2.46. The lowest BCUT2D eigenvalue weighted by atomic mass is 9.83. The van der Waals surface area contributed by atoms with Crippen molar-refractivity contribution in [3.8, 4) is 0 Å². The smallest absolute Gasteiger partial charge is 0.236 e. The first-order valence-electron chi connectivity index (χ1n) is 6.79.